The van der Waals surface area contributed by atoms with E-state index >= 15 is 0 Å². The van der Waals surface area contributed by atoms with Crippen LogP contribution in [0.1, 0.15) is 24.3 Å². The van der Waals surface area contributed by atoms with Gasteiger partial charge in [-0.2, -0.15) is 16.3 Å². The molecule has 154 valence electrons. The topological polar surface area (TPSA) is 76.3 Å². The predicted molar refractivity (Wildman–Crippen MR) is 105 cm³/mol. The van der Waals surface area contributed by atoms with E-state index in [0.29, 0.717) is 31.1 Å². The molecule has 0 amide bonds. The highest BCUT2D eigenvalue weighted by Gasteiger charge is 2.31. The van der Waals surface area contributed by atoms with Gasteiger partial charge in [0.05, 0.1) is 5.75 Å². The van der Waals surface area contributed by atoms with Crippen LogP contribution in [0.15, 0.2) is 39.5 Å². The first kappa shape index (κ1) is 20.1. The van der Waals surface area contributed by atoms with E-state index in [9.17, 15) is 17.2 Å². The third kappa shape index (κ3) is 4.71. The third-order valence-electron chi connectivity index (χ3n) is 4.93. The summed E-state index contributed by atoms with van der Waals surface area (Å²) in [7, 11) is -3.77. The lowest BCUT2D eigenvalue weighted by atomic mass is 9.96. The Morgan fingerprint density at radius 3 is 2.93 bits per heavy atom. The highest BCUT2D eigenvalue weighted by molar-refractivity contribution is 7.88. The van der Waals surface area contributed by atoms with Crippen molar-refractivity contribution in [2.75, 3.05) is 13.1 Å². The molecule has 1 atom stereocenters. The highest BCUT2D eigenvalue weighted by atomic mass is 32.2. The first-order chi connectivity index (χ1) is 13.9. The van der Waals surface area contributed by atoms with Crippen LogP contribution in [0, 0.1) is 17.6 Å². The van der Waals surface area contributed by atoms with Gasteiger partial charge in [0.25, 0.3) is 0 Å². The number of thiophene rings is 1. The molecule has 1 aliphatic rings. The number of halogens is 2. The average Bonchev–Trinajstić information content (AvgIpc) is 3.36. The summed E-state index contributed by atoms with van der Waals surface area (Å²) < 4.78 is 59.4. The van der Waals surface area contributed by atoms with E-state index in [2.05, 4.69) is 10.1 Å². The lowest BCUT2D eigenvalue weighted by Gasteiger charge is -2.31. The van der Waals surface area contributed by atoms with Crippen LogP contribution in [-0.2, 0) is 22.2 Å². The van der Waals surface area contributed by atoms with Gasteiger partial charge in [-0.25, -0.2) is 21.5 Å². The molecule has 3 aromatic rings. The minimum absolute atomic E-state index is 0.0201. The van der Waals surface area contributed by atoms with Crippen molar-refractivity contribution in [1.82, 2.24) is 14.4 Å². The number of aromatic nitrogens is 2. The fourth-order valence-electron chi connectivity index (χ4n) is 3.48. The van der Waals surface area contributed by atoms with Crippen molar-refractivity contribution in [1.29, 1.82) is 0 Å². The number of hydrogen-bond acceptors (Lipinski definition) is 6. The van der Waals surface area contributed by atoms with Crippen molar-refractivity contribution >= 4 is 21.4 Å². The summed E-state index contributed by atoms with van der Waals surface area (Å²) >= 11 is 1.54. The van der Waals surface area contributed by atoms with Gasteiger partial charge >= 0.3 is 0 Å². The smallest absolute Gasteiger partial charge is 0.227 e. The average molecular weight is 440 g/mol. The number of hydrogen-bond donors (Lipinski definition) is 0. The molecular formula is C19H19F2N3O3S2. The van der Waals surface area contributed by atoms with Crippen molar-refractivity contribution in [2.45, 2.75) is 25.0 Å². The highest BCUT2D eigenvalue weighted by Crippen LogP contribution is 2.26. The van der Waals surface area contributed by atoms with Gasteiger partial charge in [0.15, 0.2) is 0 Å². The Hall–Kier alpha value is -2.17. The van der Waals surface area contributed by atoms with E-state index in [4.69, 9.17) is 4.52 Å². The molecule has 4 rings (SSSR count). The van der Waals surface area contributed by atoms with Crippen molar-refractivity contribution in [2.24, 2.45) is 5.92 Å². The van der Waals surface area contributed by atoms with Crippen LogP contribution in [0.2, 0.25) is 0 Å². The molecule has 0 N–H and O–H groups in total. The molecule has 1 aromatic carbocycles. The van der Waals surface area contributed by atoms with Crippen LogP contribution in [0.5, 0.6) is 0 Å². The molecule has 10 heteroatoms. The lowest BCUT2D eigenvalue weighted by molar-refractivity contribution is 0.246. The molecule has 0 aliphatic carbocycles. The third-order valence-corrected chi connectivity index (χ3v) is 7.41. The first-order valence-electron chi connectivity index (χ1n) is 9.17. The number of benzene rings is 1. The van der Waals surface area contributed by atoms with Crippen LogP contribution >= 0.6 is 11.3 Å². The van der Waals surface area contributed by atoms with Crippen LogP contribution in [0.25, 0.3) is 11.4 Å². The summed E-state index contributed by atoms with van der Waals surface area (Å²) in [4.78, 5) is 4.39. The molecule has 0 radical (unpaired) electrons. The van der Waals surface area contributed by atoms with Crippen LogP contribution < -0.4 is 0 Å². The Balaban J connectivity index is 1.43. The Bertz CT molecular complexity index is 1080. The van der Waals surface area contributed by atoms with Crippen molar-refractivity contribution in [3.63, 3.8) is 0 Å². The zero-order valence-electron chi connectivity index (χ0n) is 15.4. The molecule has 1 fully saturated rings. The molecule has 29 heavy (non-hydrogen) atoms. The Morgan fingerprint density at radius 2 is 2.14 bits per heavy atom. The molecule has 0 saturated carbocycles. The predicted octanol–water partition coefficient (Wildman–Crippen LogP) is 3.86. The second kappa shape index (κ2) is 8.29. The summed E-state index contributed by atoms with van der Waals surface area (Å²) in [5.74, 6) is -0.950. The molecule has 1 saturated heterocycles. The van der Waals surface area contributed by atoms with E-state index in [1.165, 1.54) is 15.6 Å². The number of nitrogens with zero attached hydrogens (tertiary/aromatic N) is 3. The van der Waals surface area contributed by atoms with Crippen LogP contribution in [0.4, 0.5) is 8.78 Å². The zero-order valence-corrected chi connectivity index (χ0v) is 17.1. The maximum atomic E-state index is 13.9. The number of piperidine rings is 1. The van der Waals surface area contributed by atoms with Gasteiger partial charge in [-0.05, 0) is 48.4 Å². The van der Waals surface area contributed by atoms with E-state index in [1.54, 1.807) is 0 Å². The minimum Gasteiger partial charge on any atom is -0.339 e. The van der Waals surface area contributed by atoms with Gasteiger partial charge in [0, 0.05) is 36.0 Å². The molecule has 6 nitrogen and oxygen atoms in total. The quantitative estimate of drug-likeness (QED) is 0.583. The molecule has 0 spiro atoms. The SMILES string of the molecule is O=S(=O)(Cc1cc(F)ccc1F)N1CCC[C@@H](Cc2nc(-c3ccsc3)no2)C1. The summed E-state index contributed by atoms with van der Waals surface area (Å²) in [5.41, 5.74) is 0.722. The maximum Gasteiger partial charge on any atom is 0.227 e. The van der Waals surface area contributed by atoms with Crippen molar-refractivity contribution < 1.29 is 21.7 Å². The molecule has 1 aliphatic heterocycles. The Kier molecular flexibility index (Phi) is 5.75. The Labute approximate surface area is 171 Å². The normalized spacial score (nSPS) is 18.2. The van der Waals surface area contributed by atoms with Crippen molar-refractivity contribution in [3.8, 4) is 11.4 Å². The number of rotatable bonds is 6. The fraction of sp³-hybridized carbons (Fsp3) is 0.368. The summed E-state index contributed by atoms with van der Waals surface area (Å²) in [6, 6.07) is 4.75. The van der Waals surface area contributed by atoms with E-state index < -0.39 is 27.4 Å². The van der Waals surface area contributed by atoms with Gasteiger partial charge in [-0.1, -0.05) is 5.16 Å². The molecular weight excluding hydrogens is 420 g/mol. The van der Waals surface area contributed by atoms with Gasteiger partial charge < -0.3 is 4.52 Å². The summed E-state index contributed by atoms with van der Waals surface area (Å²) in [6.07, 6.45) is 1.98. The maximum absolute atomic E-state index is 13.9. The second-order valence-corrected chi connectivity index (χ2v) is 9.84. The van der Waals surface area contributed by atoms with Gasteiger partial charge in [-0.15, -0.1) is 0 Å². The molecule has 0 bridgehead atoms. The molecule has 0 unspecified atom stereocenters. The zero-order chi connectivity index (χ0) is 20.4. The Morgan fingerprint density at radius 1 is 1.28 bits per heavy atom. The van der Waals surface area contributed by atoms with Gasteiger partial charge in [0.2, 0.25) is 21.7 Å². The minimum atomic E-state index is -3.77. The molecule has 3 heterocycles. The fourth-order valence-corrected chi connectivity index (χ4v) is 5.76. The monoisotopic (exact) mass is 439 g/mol. The molecule has 2 aromatic heterocycles. The summed E-state index contributed by atoms with van der Waals surface area (Å²) in [5, 5.41) is 7.83. The van der Waals surface area contributed by atoms with Crippen LogP contribution in [0.3, 0.4) is 0 Å². The number of sulfonamides is 1. The largest absolute Gasteiger partial charge is 0.339 e. The lowest BCUT2D eigenvalue weighted by Crippen LogP contribution is -2.41. The van der Waals surface area contributed by atoms with Crippen molar-refractivity contribution in [3.05, 3.63) is 58.1 Å². The van der Waals surface area contributed by atoms with E-state index in [0.717, 1.165) is 30.2 Å². The standard InChI is InChI=1S/C19H19F2N3O3S2/c20-16-3-4-17(21)15(9-16)12-29(25,26)24-6-1-2-13(10-24)8-18-22-19(23-27-18)14-5-7-28-11-14/h3-5,7,9,11,13H,1-2,6,8,10,12H2/t13-/m0/s1. The first-order valence-corrected chi connectivity index (χ1v) is 11.7. The van der Waals surface area contributed by atoms with Gasteiger partial charge in [-0.3, -0.25) is 0 Å². The van der Waals surface area contributed by atoms with E-state index in [-0.39, 0.29) is 18.0 Å². The van der Waals surface area contributed by atoms with Crippen LogP contribution in [-0.4, -0.2) is 36.0 Å². The van der Waals surface area contributed by atoms with Gasteiger partial charge in [0.1, 0.15) is 11.6 Å². The second-order valence-electron chi connectivity index (χ2n) is 7.09. The van der Waals surface area contributed by atoms with E-state index in [1.807, 2.05) is 16.8 Å². The summed E-state index contributed by atoms with van der Waals surface area (Å²) in [6.45, 7) is 0.648.